The molecule has 0 radical (unpaired) electrons. The van der Waals surface area contributed by atoms with E-state index in [1.807, 2.05) is 6.07 Å². The first-order valence-corrected chi connectivity index (χ1v) is 6.64. The number of nitrogens with two attached hydrogens (primary N) is 1. The van der Waals surface area contributed by atoms with E-state index in [1.165, 1.54) is 0 Å². The number of ketones is 1. The van der Waals surface area contributed by atoms with Crippen LogP contribution < -0.4 is 5.73 Å². The number of halogens is 1. The van der Waals surface area contributed by atoms with Crippen LogP contribution in [0.4, 0.5) is 0 Å². The molecule has 0 bridgehead atoms. The van der Waals surface area contributed by atoms with E-state index < -0.39 is 0 Å². The van der Waals surface area contributed by atoms with Gasteiger partial charge in [0.2, 0.25) is 0 Å². The minimum atomic E-state index is -0.0334. The second-order valence-corrected chi connectivity index (χ2v) is 5.63. The molecule has 0 saturated heterocycles. The summed E-state index contributed by atoms with van der Waals surface area (Å²) in [7, 11) is 0. The molecule has 1 atom stereocenters. The van der Waals surface area contributed by atoms with Crippen molar-refractivity contribution in [2.75, 3.05) is 6.54 Å². The van der Waals surface area contributed by atoms with E-state index in [9.17, 15) is 4.79 Å². The Balaban J connectivity index is 2.64. The van der Waals surface area contributed by atoms with Crippen LogP contribution in [0, 0.1) is 11.8 Å². The molecule has 94 valence electrons. The van der Waals surface area contributed by atoms with Gasteiger partial charge < -0.3 is 5.73 Å². The van der Waals surface area contributed by atoms with Gasteiger partial charge in [0.05, 0.1) is 0 Å². The Bertz CT molecular complexity index is 379. The van der Waals surface area contributed by atoms with Crippen molar-refractivity contribution in [1.29, 1.82) is 0 Å². The lowest BCUT2D eigenvalue weighted by Crippen LogP contribution is -2.26. The minimum Gasteiger partial charge on any atom is -0.330 e. The van der Waals surface area contributed by atoms with Crippen molar-refractivity contribution in [3.05, 3.63) is 28.5 Å². The van der Waals surface area contributed by atoms with E-state index in [1.54, 1.807) is 12.4 Å². The quantitative estimate of drug-likeness (QED) is 0.878. The summed E-state index contributed by atoms with van der Waals surface area (Å²) in [5.41, 5.74) is 6.60. The first-order valence-electron chi connectivity index (χ1n) is 5.85. The molecule has 1 rings (SSSR count). The van der Waals surface area contributed by atoms with Gasteiger partial charge in [0.25, 0.3) is 0 Å². The summed E-state index contributed by atoms with van der Waals surface area (Å²) in [5, 5.41) is 0. The first-order chi connectivity index (χ1) is 8.02. The third-order valence-corrected chi connectivity index (χ3v) is 3.07. The normalized spacial score (nSPS) is 12.8. The fourth-order valence-corrected chi connectivity index (χ4v) is 2.24. The van der Waals surface area contributed by atoms with Crippen LogP contribution in [0.25, 0.3) is 0 Å². The van der Waals surface area contributed by atoms with Crippen molar-refractivity contribution in [2.24, 2.45) is 17.6 Å². The predicted octanol–water partition coefficient (Wildman–Crippen LogP) is 2.58. The summed E-state index contributed by atoms with van der Waals surface area (Å²) in [6, 6.07) is 1.92. The van der Waals surface area contributed by atoms with Gasteiger partial charge >= 0.3 is 0 Å². The van der Waals surface area contributed by atoms with Crippen molar-refractivity contribution >= 4 is 21.7 Å². The van der Waals surface area contributed by atoms with Gasteiger partial charge in [-0.2, -0.15) is 0 Å². The number of carbonyl (C=O) groups excluding carboxylic acids is 1. The number of hydrogen-bond donors (Lipinski definition) is 1. The largest absolute Gasteiger partial charge is 0.330 e. The van der Waals surface area contributed by atoms with Crippen molar-refractivity contribution in [3.8, 4) is 0 Å². The fraction of sp³-hybridized carbons (Fsp3) is 0.538. The summed E-state index contributed by atoms with van der Waals surface area (Å²) in [4.78, 5) is 16.1. The molecule has 1 aromatic heterocycles. The monoisotopic (exact) mass is 298 g/mol. The van der Waals surface area contributed by atoms with Crippen LogP contribution in [-0.4, -0.2) is 17.3 Å². The number of rotatable bonds is 6. The lowest BCUT2D eigenvalue weighted by molar-refractivity contribution is -0.122. The summed E-state index contributed by atoms with van der Waals surface area (Å²) >= 11 is 3.35. The van der Waals surface area contributed by atoms with E-state index in [0.717, 1.165) is 16.5 Å². The van der Waals surface area contributed by atoms with E-state index >= 15 is 0 Å². The molecule has 1 aromatic rings. The Kier molecular flexibility index (Phi) is 5.78. The van der Waals surface area contributed by atoms with Crippen LogP contribution in [0.15, 0.2) is 22.9 Å². The molecule has 4 heteroatoms. The minimum absolute atomic E-state index is 0.0334. The van der Waals surface area contributed by atoms with Crippen LogP contribution in [0.3, 0.4) is 0 Å². The number of aromatic nitrogens is 1. The van der Waals surface area contributed by atoms with Gasteiger partial charge in [-0.3, -0.25) is 9.78 Å². The zero-order valence-corrected chi connectivity index (χ0v) is 11.9. The number of pyridine rings is 1. The van der Waals surface area contributed by atoms with Crippen molar-refractivity contribution in [2.45, 2.75) is 26.7 Å². The molecule has 0 spiro atoms. The van der Waals surface area contributed by atoms with Gasteiger partial charge in [-0.05, 0) is 39.9 Å². The summed E-state index contributed by atoms with van der Waals surface area (Å²) < 4.78 is 0.899. The van der Waals surface area contributed by atoms with Crippen LogP contribution in [-0.2, 0) is 11.2 Å². The smallest absolute Gasteiger partial charge is 0.141 e. The van der Waals surface area contributed by atoms with Gasteiger partial charge in [-0.15, -0.1) is 0 Å². The highest BCUT2D eigenvalue weighted by Gasteiger charge is 2.18. The zero-order chi connectivity index (χ0) is 12.8. The Morgan fingerprint density at radius 2 is 2.18 bits per heavy atom. The number of carbonyl (C=O) groups is 1. The molecule has 0 aliphatic rings. The summed E-state index contributed by atoms with van der Waals surface area (Å²) in [6.07, 6.45) is 4.71. The van der Waals surface area contributed by atoms with E-state index in [0.29, 0.717) is 18.9 Å². The highest BCUT2D eigenvalue weighted by atomic mass is 79.9. The number of nitrogens with zero attached hydrogens (tertiary/aromatic N) is 1. The second-order valence-electron chi connectivity index (χ2n) is 4.72. The third-order valence-electron chi connectivity index (χ3n) is 2.64. The average molecular weight is 299 g/mol. The Labute approximate surface area is 111 Å². The second kappa shape index (κ2) is 6.87. The standard InChI is InChI=1S/C13H19BrN2O/c1-9(2)3-11(6-15)13(17)5-10-4-12(14)8-16-7-10/h4,7-9,11H,3,5-6,15H2,1-2H3. The van der Waals surface area contributed by atoms with Gasteiger partial charge in [-0.1, -0.05) is 13.8 Å². The average Bonchev–Trinajstić information content (AvgIpc) is 2.25. The third kappa shape index (κ3) is 4.96. The number of hydrogen-bond acceptors (Lipinski definition) is 3. The molecule has 1 heterocycles. The van der Waals surface area contributed by atoms with Crippen LogP contribution in [0.1, 0.15) is 25.8 Å². The van der Waals surface area contributed by atoms with Crippen molar-refractivity contribution in [1.82, 2.24) is 4.98 Å². The maximum absolute atomic E-state index is 12.1. The van der Waals surface area contributed by atoms with Crippen molar-refractivity contribution in [3.63, 3.8) is 0 Å². The zero-order valence-electron chi connectivity index (χ0n) is 10.3. The van der Waals surface area contributed by atoms with Gasteiger partial charge in [-0.25, -0.2) is 0 Å². The summed E-state index contributed by atoms with van der Waals surface area (Å²) in [6.45, 7) is 4.64. The van der Waals surface area contributed by atoms with Crippen LogP contribution >= 0.6 is 15.9 Å². The fourth-order valence-electron chi connectivity index (χ4n) is 1.83. The molecular formula is C13H19BrN2O. The predicted molar refractivity (Wildman–Crippen MR) is 72.6 cm³/mol. The summed E-state index contributed by atoms with van der Waals surface area (Å²) in [5.74, 6) is 0.670. The first kappa shape index (κ1) is 14.3. The molecule has 0 aliphatic carbocycles. The lowest BCUT2D eigenvalue weighted by Gasteiger charge is -2.15. The maximum atomic E-state index is 12.1. The van der Waals surface area contributed by atoms with E-state index in [2.05, 4.69) is 34.8 Å². The highest BCUT2D eigenvalue weighted by Crippen LogP contribution is 2.16. The van der Waals surface area contributed by atoms with Crippen molar-refractivity contribution < 1.29 is 4.79 Å². The highest BCUT2D eigenvalue weighted by molar-refractivity contribution is 9.10. The molecule has 0 saturated carbocycles. The molecular weight excluding hydrogens is 280 g/mol. The van der Waals surface area contributed by atoms with Crippen LogP contribution in [0.5, 0.6) is 0 Å². The Hall–Kier alpha value is -0.740. The number of Topliss-reactive ketones (excluding diaryl/α,β-unsaturated/α-hetero) is 1. The molecule has 1 unspecified atom stereocenters. The molecule has 17 heavy (non-hydrogen) atoms. The van der Waals surface area contributed by atoms with Gasteiger partial charge in [0.15, 0.2) is 0 Å². The molecule has 0 amide bonds. The molecule has 3 nitrogen and oxygen atoms in total. The lowest BCUT2D eigenvalue weighted by atomic mass is 9.90. The molecule has 0 fully saturated rings. The van der Waals surface area contributed by atoms with Gasteiger partial charge in [0.1, 0.15) is 5.78 Å². The Morgan fingerprint density at radius 3 is 2.71 bits per heavy atom. The topological polar surface area (TPSA) is 56.0 Å². The van der Waals surface area contributed by atoms with Gasteiger partial charge in [0, 0.05) is 35.7 Å². The molecule has 2 N–H and O–H groups in total. The SMILES string of the molecule is CC(C)CC(CN)C(=O)Cc1cncc(Br)c1. The van der Waals surface area contributed by atoms with Crippen LogP contribution in [0.2, 0.25) is 0 Å². The molecule has 0 aromatic carbocycles. The molecule has 0 aliphatic heterocycles. The van der Waals surface area contributed by atoms with E-state index in [-0.39, 0.29) is 11.7 Å². The van der Waals surface area contributed by atoms with E-state index in [4.69, 9.17) is 5.73 Å². The maximum Gasteiger partial charge on any atom is 0.141 e. The Morgan fingerprint density at radius 1 is 1.47 bits per heavy atom.